The van der Waals surface area contributed by atoms with Crippen molar-refractivity contribution in [3.8, 4) is 0 Å². The van der Waals surface area contributed by atoms with Gasteiger partial charge in [-0.2, -0.15) is 0 Å². The molecular formula is C20H33N5O. The predicted molar refractivity (Wildman–Crippen MR) is 107 cm³/mol. The molecule has 1 aromatic rings. The highest BCUT2D eigenvalue weighted by Gasteiger charge is 2.22. The average molecular weight is 360 g/mol. The van der Waals surface area contributed by atoms with Gasteiger partial charge in [-0.3, -0.25) is 9.79 Å². The number of benzene rings is 1. The predicted octanol–water partition coefficient (Wildman–Crippen LogP) is 1.54. The lowest BCUT2D eigenvalue weighted by Crippen LogP contribution is -2.47. The Morgan fingerprint density at radius 3 is 2.58 bits per heavy atom. The topological polar surface area (TPSA) is 60.0 Å². The molecule has 1 heterocycles. The minimum absolute atomic E-state index is 0.146. The minimum Gasteiger partial charge on any atom is -0.359 e. The molecule has 6 nitrogen and oxygen atoms in total. The van der Waals surface area contributed by atoms with Gasteiger partial charge in [0.25, 0.3) is 0 Å². The first kappa shape index (κ1) is 20.2. The number of hydrogen-bond acceptors (Lipinski definition) is 3. The molecule has 26 heavy (non-hydrogen) atoms. The van der Waals surface area contributed by atoms with E-state index in [0.717, 1.165) is 51.5 Å². The third-order valence-corrected chi connectivity index (χ3v) is 4.95. The maximum Gasteiger partial charge on any atom is 0.220 e. The Kier molecular flexibility index (Phi) is 8.41. The van der Waals surface area contributed by atoms with E-state index in [1.54, 1.807) is 7.05 Å². The van der Waals surface area contributed by atoms with Gasteiger partial charge in [0.2, 0.25) is 5.91 Å². The summed E-state index contributed by atoms with van der Waals surface area (Å²) >= 11 is 0. The highest BCUT2D eigenvalue weighted by Crippen LogP contribution is 2.20. The lowest BCUT2D eigenvalue weighted by molar-refractivity contribution is -0.121. The van der Waals surface area contributed by atoms with Gasteiger partial charge in [0.1, 0.15) is 0 Å². The highest BCUT2D eigenvalue weighted by molar-refractivity contribution is 5.80. The smallest absolute Gasteiger partial charge is 0.220 e. The van der Waals surface area contributed by atoms with E-state index < -0.39 is 0 Å². The van der Waals surface area contributed by atoms with E-state index in [1.807, 2.05) is 13.1 Å². The van der Waals surface area contributed by atoms with Crippen molar-refractivity contribution in [2.24, 2.45) is 10.9 Å². The van der Waals surface area contributed by atoms with Crippen molar-refractivity contribution in [1.29, 1.82) is 0 Å². The van der Waals surface area contributed by atoms with Crippen LogP contribution in [0.5, 0.6) is 0 Å². The SMILES string of the molecule is CN=C(NCCN(C)Cc1ccccc1)N1CCC(CC(=O)NC)CC1. The highest BCUT2D eigenvalue weighted by atomic mass is 16.1. The Labute approximate surface area is 157 Å². The van der Waals surface area contributed by atoms with E-state index in [0.29, 0.717) is 12.3 Å². The first-order valence-corrected chi connectivity index (χ1v) is 9.51. The number of nitrogens with zero attached hydrogens (tertiary/aromatic N) is 3. The van der Waals surface area contributed by atoms with E-state index in [9.17, 15) is 4.79 Å². The molecule has 0 unspecified atom stereocenters. The summed E-state index contributed by atoms with van der Waals surface area (Å²) in [7, 11) is 5.69. The van der Waals surface area contributed by atoms with Gasteiger partial charge in [-0.1, -0.05) is 30.3 Å². The van der Waals surface area contributed by atoms with Gasteiger partial charge in [-0.15, -0.1) is 0 Å². The van der Waals surface area contributed by atoms with E-state index in [2.05, 4.69) is 56.7 Å². The number of likely N-dealkylation sites (tertiary alicyclic amines) is 1. The quantitative estimate of drug-likeness (QED) is 0.573. The summed E-state index contributed by atoms with van der Waals surface area (Å²) in [5, 5.41) is 6.20. The molecule has 0 bridgehead atoms. The van der Waals surface area contributed by atoms with Crippen LogP contribution in [0, 0.1) is 5.92 Å². The number of rotatable bonds is 7. The van der Waals surface area contributed by atoms with Crippen molar-refractivity contribution in [3.63, 3.8) is 0 Å². The van der Waals surface area contributed by atoms with Crippen LogP contribution in [-0.2, 0) is 11.3 Å². The third-order valence-electron chi connectivity index (χ3n) is 4.95. The number of aliphatic imine (C=N–C) groups is 1. The second kappa shape index (κ2) is 10.8. The Hall–Kier alpha value is -2.08. The number of amides is 1. The summed E-state index contributed by atoms with van der Waals surface area (Å²) in [6.45, 7) is 4.70. The van der Waals surface area contributed by atoms with Crippen LogP contribution in [0.15, 0.2) is 35.3 Å². The second-order valence-electron chi connectivity index (χ2n) is 7.01. The lowest BCUT2D eigenvalue weighted by atomic mass is 9.93. The summed E-state index contributed by atoms with van der Waals surface area (Å²) in [5.41, 5.74) is 1.33. The summed E-state index contributed by atoms with van der Waals surface area (Å²) in [6, 6.07) is 10.5. The molecular weight excluding hydrogens is 326 g/mol. The lowest BCUT2D eigenvalue weighted by Gasteiger charge is -2.34. The Bertz CT molecular complexity index is 567. The van der Waals surface area contributed by atoms with Gasteiger partial charge in [0.05, 0.1) is 0 Å². The van der Waals surface area contributed by atoms with Crippen LogP contribution >= 0.6 is 0 Å². The third kappa shape index (κ3) is 6.67. The molecule has 1 aliphatic rings. The molecule has 6 heteroatoms. The molecule has 2 N–H and O–H groups in total. The molecule has 144 valence electrons. The number of likely N-dealkylation sites (N-methyl/N-ethyl adjacent to an activating group) is 1. The maximum atomic E-state index is 11.5. The number of nitrogens with one attached hydrogen (secondary N) is 2. The first-order valence-electron chi connectivity index (χ1n) is 9.51. The molecule has 0 aliphatic carbocycles. The molecule has 1 amide bonds. The molecule has 0 radical (unpaired) electrons. The van der Waals surface area contributed by atoms with Crippen LogP contribution in [0.4, 0.5) is 0 Å². The molecule has 0 aromatic heterocycles. The Morgan fingerprint density at radius 1 is 1.27 bits per heavy atom. The van der Waals surface area contributed by atoms with Crippen molar-refractivity contribution in [3.05, 3.63) is 35.9 Å². The summed E-state index contributed by atoms with van der Waals surface area (Å²) in [4.78, 5) is 20.6. The molecule has 1 saturated heterocycles. The van der Waals surface area contributed by atoms with Crippen LogP contribution in [-0.4, -0.2) is 69.0 Å². The largest absolute Gasteiger partial charge is 0.359 e. The Morgan fingerprint density at radius 2 is 1.96 bits per heavy atom. The number of carbonyl (C=O) groups is 1. The van der Waals surface area contributed by atoms with Gasteiger partial charge >= 0.3 is 0 Å². The molecule has 0 atom stereocenters. The first-order chi connectivity index (χ1) is 12.6. The average Bonchev–Trinajstić information content (AvgIpc) is 2.67. The van der Waals surface area contributed by atoms with Gasteiger partial charge in [-0.05, 0) is 31.4 Å². The standard InChI is InChI=1S/C20H33N5O/c1-21-19(26)15-17-9-12-25(13-10-17)20(22-2)23-11-14-24(3)16-18-7-5-4-6-8-18/h4-8,17H,9-16H2,1-3H3,(H,21,26)(H,22,23). The fourth-order valence-corrected chi connectivity index (χ4v) is 3.38. The second-order valence-corrected chi connectivity index (χ2v) is 7.01. The van der Waals surface area contributed by atoms with E-state index in [1.165, 1.54) is 5.56 Å². The zero-order chi connectivity index (χ0) is 18.8. The van der Waals surface area contributed by atoms with Gasteiger partial charge in [0, 0.05) is 53.2 Å². The molecule has 0 spiro atoms. The van der Waals surface area contributed by atoms with Crippen molar-refractivity contribution < 1.29 is 4.79 Å². The van der Waals surface area contributed by atoms with Crippen LogP contribution in [0.2, 0.25) is 0 Å². The van der Waals surface area contributed by atoms with Gasteiger partial charge < -0.3 is 20.4 Å². The molecule has 2 rings (SSSR count). The summed E-state index contributed by atoms with van der Waals surface area (Å²) in [5.74, 6) is 1.60. The van der Waals surface area contributed by atoms with Crippen molar-refractivity contribution in [1.82, 2.24) is 20.4 Å². The van der Waals surface area contributed by atoms with E-state index in [4.69, 9.17) is 0 Å². The number of piperidine rings is 1. The van der Waals surface area contributed by atoms with Crippen LogP contribution in [0.1, 0.15) is 24.8 Å². The fraction of sp³-hybridized carbons (Fsp3) is 0.600. The van der Waals surface area contributed by atoms with Crippen LogP contribution in [0.3, 0.4) is 0 Å². The van der Waals surface area contributed by atoms with Crippen LogP contribution < -0.4 is 10.6 Å². The summed E-state index contributed by atoms with van der Waals surface area (Å²) in [6.07, 6.45) is 2.73. The normalized spacial score (nSPS) is 16.0. The zero-order valence-corrected chi connectivity index (χ0v) is 16.4. The van der Waals surface area contributed by atoms with E-state index in [-0.39, 0.29) is 5.91 Å². The summed E-state index contributed by atoms with van der Waals surface area (Å²) < 4.78 is 0. The Balaban J connectivity index is 1.69. The van der Waals surface area contributed by atoms with Crippen molar-refractivity contribution >= 4 is 11.9 Å². The monoisotopic (exact) mass is 359 g/mol. The number of guanidine groups is 1. The van der Waals surface area contributed by atoms with E-state index >= 15 is 0 Å². The van der Waals surface area contributed by atoms with Gasteiger partial charge in [-0.25, -0.2) is 0 Å². The zero-order valence-electron chi connectivity index (χ0n) is 16.4. The molecule has 0 saturated carbocycles. The van der Waals surface area contributed by atoms with Crippen LogP contribution in [0.25, 0.3) is 0 Å². The van der Waals surface area contributed by atoms with Gasteiger partial charge in [0.15, 0.2) is 5.96 Å². The van der Waals surface area contributed by atoms with Crippen molar-refractivity contribution in [2.45, 2.75) is 25.8 Å². The molecule has 1 aliphatic heterocycles. The number of hydrogen-bond donors (Lipinski definition) is 2. The molecule has 1 fully saturated rings. The number of carbonyl (C=O) groups excluding carboxylic acids is 1. The van der Waals surface area contributed by atoms with Crippen molar-refractivity contribution in [2.75, 3.05) is 47.3 Å². The maximum absolute atomic E-state index is 11.5. The fourth-order valence-electron chi connectivity index (χ4n) is 3.38. The molecule has 1 aromatic carbocycles. The minimum atomic E-state index is 0.146.